The summed E-state index contributed by atoms with van der Waals surface area (Å²) in [6.07, 6.45) is -3.96. The van der Waals surface area contributed by atoms with E-state index in [2.05, 4.69) is 20.0 Å². The SMILES string of the molecule is COC(=O)N[C@H](CCc1c(C)nc2n(C)c3c(ncn3[C@@H]3O[C@H](CO)[C@@H](O)[C@H]3O)c(=O)n12)C(=O)OC. The van der Waals surface area contributed by atoms with Gasteiger partial charge in [0.1, 0.15) is 24.4 Å². The Morgan fingerprint density at radius 3 is 2.58 bits per heavy atom. The van der Waals surface area contributed by atoms with E-state index < -0.39 is 54.8 Å². The zero-order chi connectivity index (χ0) is 26.3. The van der Waals surface area contributed by atoms with Gasteiger partial charge in [0.2, 0.25) is 5.78 Å². The van der Waals surface area contributed by atoms with Crippen molar-refractivity contribution in [1.82, 2.24) is 28.8 Å². The van der Waals surface area contributed by atoms with Gasteiger partial charge in [0.25, 0.3) is 5.56 Å². The van der Waals surface area contributed by atoms with Crippen molar-refractivity contribution in [2.75, 3.05) is 20.8 Å². The minimum absolute atomic E-state index is 0.0543. The van der Waals surface area contributed by atoms with Gasteiger partial charge in [-0.25, -0.2) is 24.0 Å². The second-order valence-corrected chi connectivity index (χ2v) is 8.45. The normalized spacial score (nSPS) is 22.8. The van der Waals surface area contributed by atoms with Crippen LogP contribution in [0.5, 0.6) is 0 Å². The number of rotatable bonds is 7. The first-order valence-corrected chi connectivity index (χ1v) is 11.1. The third-order valence-electron chi connectivity index (χ3n) is 6.37. The molecular weight excluding hydrogens is 480 g/mol. The van der Waals surface area contributed by atoms with Crippen LogP contribution in [0.3, 0.4) is 0 Å². The first-order valence-electron chi connectivity index (χ1n) is 11.1. The van der Waals surface area contributed by atoms with Crippen LogP contribution in [0, 0.1) is 6.92 Å². The lowest BCUT2D eigenvalue weighted by Gasteiger charge is -2.18. The minimum atomic E-state index is -1.36. The number of carbonyl (C=O) groups excluding carboxylic acids is 2. The van der Waals surface area contributed by atoms with E-state index in [1.807, 2.05) is 0 Å². The van der Waals surface area contributed by atoms with Gasteiger partial charge in [-0.1, -0.05) is 0 Å². The summed E-state index contributed by atoms with van der Waals surface area (Å²) in [4.78, 5) is 46.0. The third-order valence-corrected chi connectivity index (χ3v) is 6.37. The summed E-state index contributed by atoms with van der Waals surface area (Å²) < 4.78 is 19.3. The van der Waals surface area contributed by atoms with Crippen molar-refractivity contribution in [2.24, 2.45) is 7.05 Å². The van der Waals surface area contributed by atoms with Gasteiger partial charge in [0.05, 0.1) is 38.5 Å². The van der Waals surface area contributed by atoms with Crippen molar-refractivity contribution >= 4 is 29.0 Å². The van der Waals surface area contributed by atoms with Gasteiger partial charge < -0.3 is 34.8 Å². The van der Waals surface area contributed by atoms with Gasteiger partial charge in [-0.3, -0.25) is 13.9 Å². The Labute approximate surface area is 203 Å². The van der Waals surface area contributed by atoms with E-state index in [1.54, 1.807) is 18.5 Å². The lowest BCUT2D eigenvalue weighted by atomic mass is 10.1. The lowest BCUT2D eigenvalue weighted by Crippen LogP contribution is -2.41. The topological polar surface area (TPSA) is 192 Å². The number of esters is 1. The molecule has 0 unspecified atom stereocenters. The van der Waals surface area contributed by atoms with Crippen molar-refractivity contribution < 1.29 is 39.1 Å². The summed E-state index contributed by atoms with van der Waals surface area (Å²) in [5, 5.41) is 32.4. The molecule has 196 valence electrons. The van der Waals surface area contributed by atoms with Crippen LogP contribution >= 0.6 is 0 Å². The molecule has 0 aliphatic carbocycles. The molecule has 0 aromatic carbocycles. The van der Waals surface area contributed by atoms with Crippen LogP contribution in [0.15, 0.2) is 11.1 Å². The molecule has 0 spiro atoms. The highest BCUT2D eigenvalue weighted by Crippen LogP contribution is 2.31. The molecule has 0 radical (unpaired) electrons. The van der Waals surface area contributed by atoms with E-state index in [4.69, 9.17) is 9.47 Å². The monoisotopic (exact) mass is 508 g/mol. The van der Waals surface area contributed by atoms with Crippen LogP contribution in [0.4, 0.5) is 4.79 Å². The Balaban J connectivity index is 1.75. The number of amides is 1. The van der Waals surface area contributed by atoms with Crippen molar-refractivity contribution in [3.8, 4) is 0 Å². The van der Waals surface area contributed by atoms with Gasteiger partial charge in [0, 0.05) is 7.05 Å². The van der Waals surface area contributed by atoms with Crippen LogP contribution in [-0.4, -0.2) is 96.1 Å². The molecule has 15 heteroatoms. The Morgan fingerprint density at radius 2 is 1.97 bits per heavy atom. The van der Waals surface area contributed by atoms with Crippen LogP contribution in [0.1, 0.15) is 24.0 Å². The fourth-order valence-corrected chi connectivity index (χ4v) is 4.49. The highest BCUT2D eigenvalue weighted by atomic mass is 16.6. The van der Waals surface area contributed by atoms with E-state index in [0.717, 1.165) is 0 Å². The molecule has 5 atom stereocenters. The summed E-state index contributed by atoms with van der Waals surface area (Å²) in [5.74, 6) is -0.400. The van der Waals surface area contributed by atoms with Crippen molar-refractivity contribution in [2.45, 2.75) is 50.3 Å². The Bertz CT molecular complexity index is 1360. The van der Waals surface area contributed by atoms with E-state index in [1.165, 1.54) is 29.5 Å². The summed E-state index contributed by atoms with van der Waals surface area (Å²) in [6, 6.07) is -1.01. The molecule has 1 aliphatic rings. The number of alkyl carbamates (subject to hydrolysis) is 1. The Hall–Kier alpha value is -3.53. The molecule has 1 fully saturated rings. The number of carbonyl (C=O) groups is 2. The summed E-state index contributed by atoms with van der Waals surface area (Å²) in [7, 11) is 4.03. The molecule has 4 heterocycles. The molecule has 1 aliphatic heterocycles. The number of aryl methyl sites for hydroxylation is 3. The summed E-state index contributed by atoms with van der Waals surface area (Å²) in [5.41, 5.74) is 0.888. The highest BCUT2D eigenvalue weighted by Gasteiger charge is 2.44. The quantitative estimate of drug-likeness (QED) is 0.261. The summed E-state index contributed by atoms with van der Waals surface area (Å²) in [6.45, 7) is 1.21. The van der Waals surface area contributed by atoms with Crippen LogP contribution in [-0.2, 0) is 32.5 Å². The maximum absolute atomic E-state index is 13.5. The number of nitrogens with one attached hydrogen (secondary N) is 1. The van der Waals surface area contributed by atoms with Crippen LogP contribution in [0.25, 0.3) is 16.9 Å². The fraction of sp³-hybridized carbons (Fsp3) is 0.571. The number of imidazole rings is 2. The second kappa shape index (κ2) is 9.85. The van der Waals surface area contributed by atoms with Crippen LogP contribution in [0.2, 0.25) is 0 Å². The molecule has 0 saturated carbocycles. The molecule has 3 aromatic rings. The summed E-state index contributed by atoms with van der Waals surface area (Å²) >= 11 is 0. The zero-order valence-corrected chi connectivity index (χ0v) is 20.1. The molecule has 0 bridgehead atoms. The number of aliphatic hydroxyl groups is 3. The van der Waals surface area contributed by atoms with E-state index in [-0.39, 0.29) is 24.1 Å². The van der Waals surface area contributed by atoms with E-state index in [0.29, 0.717) is 17.0 Å². The first-order chi connectivity index (χ1) is 17.1. The standard InChI is InChI=1S/C21H28N6O9/c1-9-11(6-5-10(19(32)34-3)24-21(33)35-4)27-17(31)13-16(25(2)20(27)23-9)26(8-22-13)18-15(30)14(29)12(7-28)36-18/h8,10,12,14-15,18,28-30H,5-7H2,1-4H3,(H,24,33)/t10-,12-,14-,15-,18-/m1/s1. The molecule has 4 N–H and O–H groups in total. The molecular formula is C21H28N6O9. The second-order valence-electron chi connectivity index (χ2n) is 8.45. The number of nitrogens with zero attached hydrogens (tertiary/aromatic N) is 5. The van der Waals surface area contributed by atoms with Gasteiger partial charge >= 0.3 is 12.1 Å². The van der Waals surface area contributed by atoms with Gasteiger partial charge in [-0.05, 0) is 19.8 Å². The van der Waals surface area contributed by atoms with Crippen molar-refractivity contribution in [3.05, 3.63) is 28.1 Å². The molecule has 4 rings (SSSR count). The number of hydrogen-bond acceptors (Lipinski definition) is 11. The number of ether oxygens (including phenoxy) is 3. The molecule has 1 amide bonds. The third kappa shape index (κ3) is 4.09. The predicted molar refractivity (Wildman–Crippen MR) is 121 cm³/mol. The smallest absolute Gasteiger partial charge is 0.407 e. The molecule has 36 heavy (non-hydrogen) atoms. The molecule has 15 nitrogen and oxygen atoms in total. The first kappa shape index (κ1) is 25.6. The zero-order valence-electron chi connectivity index (χ0n) is 20.1. The van der Waals surface area contributed by atoms with E-state index >= 15 is 0 Å². The Morgan fingerprint density at radius 1 is 1.25 bits per heavy atom. The number of methoxy groups -OCH3 is 2. The van der Waals surface area contributed by atoms with Crippen molar-refractivity contribution in [3.63, 3.8) is 0 Å². The Kier molecular flexibility index (Phi) is 6.99. The van der Waals surface area contributed by atoms with Gasteiger partial charge in [-0.15, -0.1) is 0 Å². The average Bonchev–Trinajstić information content (AvgIpc) is 3.54. The minimum Gasteiger partial charge on any atom is -0.467 e. The maximum Gasteiger partial charge on any atom is 0.407 e. The lowest BCUT2D eigenvalue weighted by molar-refractivity contribution is -0.143. The fourth-order valence-electron chi connectivity index (χ4n) is 4.49. The van der Waals surface area contributed by atoms with E-state index in [9.17, 15) is 29.7 Å². The predicted octanol–water partition coefficient (Wildman–Crippen LogP) is -1.87. The maximum atomic E-state index is 13.5. The highest BCUT2D eigenvalue weighted by molar-refractivity contribution is 5.81. The largest absolute Gasteiger partial charge is 0.467 e. The molecule has 1 saturated heterocycles. The van der Waals surface area contributed by atoms with Crippen molar-refractivity contribution in [1.29, 1.82) is 0 Å². The number of aromatic nitrogens is 5. The number of hydrogen-bond donors (Lipinski definition) is 4. The number of fused-ring (bicyclic) bond motifs is 2. The number of aliphatic hydroxyl groups excluding tert-OH is 3. The van der Waals surface area contributed by atoms with Crippen LogP contribution < -0.4 is 10.9 Å². The van der Waals surface area contributed by atoms with Gasteiger partial charge in [0.15, 0.2) is 17.4 Å². The molecule has 3 aromatic heterocycles. The van der Waals surface area contributed by atoms with Gasteiger partial charge in [-0.2, -0.15) is 0 Å². The average molecular weight is 508 g/mol.